The van der Waals surface area contributed by atoms with Crippen LogP contribution in [0.4, 0.5) is 5.69 Å². The number of likely N-dealkylation sites (tertiary alicyclic amines) is 1. The number of carbonyl (C=O) groups excluding carboxylic acids is 2. The van der Waals surface area contributed by atoms with Crippen molar-refractivity contribution < 1.29 is 14.0 Å². The summed E-state index contributed by atoms with van der Waals surface area (Å²) in [5, 5.41) is 2.94. The highest BCUT2D eigenvalue weighted by Crippen LogP contribution is 2.28. The van der Waals surface area contributed by atoms with Gasteiger partial charge in [-0.25, -0.2) is 4.98 Å². The van der Waals surface area contributed by atoms with Crippen LogP contribution in [0.2, 0.25) is 0 Å². The SMILES string of the molecule is C=CC(=O)N1CCCC(C(=O)Nc2ccc3oc(C(C)(C)C)nc3c2)C1. The zero-order valence-electron chi connectivity index (χ0n) is 15.5. The molecule has 1 saturated heterocycles. The van der Waals surface area contributed by atoms with Gasteiger partial charge in [0.05, 0.1) is 5.92 Å². The van der Waals surface area contributed by atoms with Gasteiger partial charge in [-0.05, 0) is 37.1 Å². The van der Waals surface area contributed by atoms with Gasteiger partial charge in [0, 0.05) is 24.2 Å². The van der Waals surface area contributed by atoms with Crippen LogP contribution in [0.25, 0.3) is 11.1 Å². The summed E-state index contributed by atoms with van der Waals surface area (Å²) < 4.78 is 5.78. The number of oxazole rings is 1. The van der Waals surface area contributed by atoms with E-state index >= 15 is 0 Å². The molecule has 1 fully saturated rings. The lowest BCUT2D eigenvalue weighted by molar-refractivity contribution is -0.130. The van der Waals surface area contributed by atoms with Gasteiger partial charge >= 0.3 is 0 Å². The van der Waals surface area contributed by atoms with Gasteiger partial charge in [0.15, 0.2) is 5.58 Å². The normalized spacial score (nSPS) is 18.0. The molecule has 1 unspecified atom stereocenters. The molecule has 1 atom stereocenters. The van der Waals surface area contributed by atoms with Crippen LogP contribution < -0.4 is 5.32 Å². The second-order valence-electron chi connectivity index (χ2n) is 7.77. The number of aromatic nitrogens is 1. The Morgan fingerprint density at radius 2 is 2.15 bits per heavy atom. The van der Waals surface area contributed by atoms with E-state index in [9.17, 15) is 9.59 Å². The third-order valence-corrected chi connectivity index (χ3v) is 4.58. The Morgan fingerprint density at radius 1 is 1.38 bits per heavy atom. The Labute approximate surface area is 153 Å². The van der Waals surface area contributed by atoms with E-state index in [1.165, 1.54) is 6.08 Å². The lowest BCUT2D eigenvalue weighted by Gasteiger charge is -2.31. The number of anilines is 1. The van der Waals surface area contributed by atoms with E-state index in [1.807, 2.05) is 39.0 Å². The quantitative estimate of drug-likeness (QED) is 0.855. The molecular formula is C20H25N3O3. The lowest BCUT2D eigenvalue weighted by atomic mass is 9.97. The average molecular weight is 355 g/mol. The first-order chi connectivity index (χ1) is 12.3. The van der Waals surface area contributed by atoms with E-state index < -0.39 is 0 Å². The van der Waals surface area contributed by atoms with E-state index in [1.54, 1.807) is 4.90 Å². The highest BCUT2D eigenvalue weighted by Gasteiger charge is 2.27. The fraction of sp³-hybridized carbons (Fsp3) is 0.450. The summed E-state index contributed by atoms with van der Waals surface area (Å²) in [6.45, 7) is 10.7. The number of rotatable bonds is 3. The lowest BCUT2D eigenvalue weighted by Crippen LogP contribution is -2.43. The Balaban J connectivity index is 1.72. The summed E-state index contributed by atoms with van der Waals surface area (Å²) in [5.41, 5.74) is 1.93. The maximum Gasteiger partial charge on any atom is 0.245 e. The minimum absolute atomic E-state index is 0.0783. The molecule has 1 aliphatic rings. The van der Waals surface area contributed by atoms with Crippen LogP contribution in [-0.2, 0) is 15.0 Å². The van der Waals surface area contributed by atoms with Crippen LogP contribution in [0.5, 0.6) is 0 Å². The van der Waals surface area contributed by atoms with Crippen LogP contribution in [0.1, 0.15) is 39.5 Å². The van der Waals surface area contributed by atoms with Crippen molar-refractivity contribution in [3.63, 3.8) is 0 Å². The zero-order chi connectivity index (χ0) is 18.9. The van der Waals surface area contributed by atoms with Gasteiger partial charge in [0.2, 0.25) is 17.7 Å². The number of carbonyl (C=O) groups is 2. The number of hydrogen-bond donors (Lipinski definition) is 1. The number of nitrogens with zero attached hydrogens (tertiary/aromatic N) is 2. The van der Waals surface area contributed by atoms with Crippen LogP contribution in [0.15, 0.2) is 35.3 Å². The van der Waals surface area contributed by atoms with Gasteiger partial charge in [-0.3, -0.25) is 9.59 Å². The molecule has 26 heavy (non-hydrogen) atoms. The van der Waals surface area contributed by atoms with E-state index in [2.05, 4.69) is 16.9 Å². The smallest absolute Gasteiger partial charge is 0.245 e. The van der Waals surface area contributed by atoms with Crippen molar-refractivity contribution in [2.75, 3.05) is 18.4 Å². The van der Waals surface area contributed by atoms with Crippen molar-refractivity contribution in [2.45, 2.75) is 39.0 Å². The molecule has 1 aromatic carbocycles. The monoisotopic (exact) mass is 355 g/mol. The molecule has 138 valence electrons. The van der Waals surface area contributed by atoms with Crippen molar-refractivity contribution in [3.05, 3.63) is 36.7 Å². The minimum Gasteiger partial charge on any atom is -0.440 e. The van der Waals surface area contributed by atoms with Crippen molar-refractivity contribution in [1.29, 1.82) is 0 Å². The van der Waals surface area contributed by atoms with Crippen molar-refractivity contribution >= 4 is 28.6 Å². The number of nitrogens with one attached hydrogen (secondary N) is 1. The highest BCUT2D eigenvalue weighted by atomic mass is 16.3. The van der Waals surface area contributed by atoms with Crippen LogP contribution in [0.3, 0.4) is 0 Å². The Kier molecular flexibility index (Phi) is 4.85. The van der Waals surface area contributed by atoms with E-state index in [0.717, 1.165) is 18.4 Å². The maximum absolute atomic E-state index is 12.6. The third-order valence-electron chi connectivity index (χ3n) is 4.58. The summed E-state index contributed by atoms with van der Waals surface area (Å²) in [6.07, 6.45) is 2.88. The molecule has 0 saturated carbocycles. The second-order valence-corrected chi connectivity index (χ2v) is 7.77. The first-order valence-corrected chi connectivity index (χ1v) is 8.91. The van der Waals surface area contributed by atoms with Crippen molar-refractivity contribution in [3.8, 4) is 0 Å². The molecule has 0 radical (unpaired) electrons. The Hall–Kier alpha value is -2.63. The van der Waals surface area contributed by atoms with Crippen molar-refractivity contribution in [1.82, 2.24) is 9.88 Å². The Morgan fingerprint density at radius 3 is 2.85 bits per heavy atom. The largest absolute Gasteiger partial charge is 0.440 e. The fourth-order valence-electron chi connectivity index (χ4n) is 3.09. The molecular weight excluding hydrogens is 330 g/mol. The van der Waals surface area contributed by atoms with Gasteiger partial charge in [0.25, 0.3) is 0 Å². The molecule has 2 aromatic rings. The molecule has 0 aliphatic carbocycles. The number of hydrogen-bond acceptors (Lipinski definition) is 4. The number of fused-ring (bicyclic) bond motifs is 1. The molecule has 0 bridgehead atoms. The summed E-state index contributed by atoms with van der Waals surface area (Å²) in [5.74, 6) is 0.249. The molecule has 6 heteroatoms. The molecule has 1 aliphatic heterocycles. The van der Waals surface area contributed by atoms with E-state index in [4.69, 9.17) is 4.42 Å². The number of benzene rings is 1. The number of piperidine rings is 1. The van der Waals surface area contributed by atoms with E-state index in [0.29, 0.717) is 30.3 Å². The predicted octanol–water partition coefficient (Wildman–Crippen LogP) is 3.49. The van der Waals surface area contributed by atoms with Gasteiger partial charge in [-0.15, -0.1) is 0 Å². The summed E-state index contributed by atoms with van der Waals surface area (Å²) in [6, 6.07) is 5.45. The van der Waals surface area contributed by atoms with Gasteiger partial charge < -0.3 is 14.6 Å². The fourth-order valence-corrected chi connectivity index (χ4v) is 3.09. The van der Waals surface area contributed by atoms with Crippen LogP contribution in [0, 0.1) is 5.92 Å². The standard InChI is InChI=1S/C20H25N3O3/c1-5-17(24)23-10-6-7-13(12-23)18(25)21-14-8-9-16-15(11-14)22-19(26-16)20(2,3)4/h5,8-9,11,13H,1,6-7,10,12H2,2-4H3,(H,21,25). The minimum atomic E-state index is -0.217. The molecule has 6 nitrogen and oxygen atoms in total. The first-order valence-electron chi connectivity index (χ1n) is 8.91. The van der Waals surface area contributed by atoms with Crippen LogP contribution >= 0.6 is 0 Å². The van der Waals surface area contributed by atoms with Crippen molar-refractivity contribution in [2.24, 2.45) is 5.92 Å². The second kappa shape index (κ2) is 6.94. The topological polar surface area (TPSA) is 75.4 Å². The van der Waals surface area contributed by atoms with Gasteiger partial charge in [-0.2, -0.15) is 0 Å². The third kappa shape index (κ3) is 3.79. The molecule has 3 rings (SSSR count). The Bertz CT molecular complexity index is 848. The molecule has 2 amide bonds. The zero-order valence-corrected chi connectivity index (χ0v) is 15.5. The summed E-state index contributed by atoms with van der Waals surface area (Å²) in [7, 11) is 0. The number of amides is 2. The average Bonchev–Trinajstić information content (AvgIpc) is 3.05. The molecule has 1 N–H and O–H groups in total. The van der Waals surface area contributed by atoms with Gasteiger partial charge in [-0.1, -0.05) is 27.4 Å². The summed E-state index contributed by atoms with van der Waals surface area (Å²) in [4.78, 5) is 30.6. The molecule has 1 aromatic heterocycles. The summed E-state index contributed by atoms with van der Waals surface area (Å²) >= 11 is 0. The first kappa shape index (κ1) is 18.2. The molecule has 0 spiro atoms. The maximum atomic E-state index is 12.6. The van der Waals surface area contributed by atoms with Crippen LogP contribution in [-0.4, -0.2) is 34.8 Å². The predicted molar refractivity (Wildman–Crippen MR) is 101 cm³/mol. The molecule has 2 heterocycles. The highest BCUT2D eigenvalue weighted by molar-refractivity contribution is 5.95. The van der Waals surface area contributed by atoms with E-state index in [-0.39, 0.29) is 23.1 Å². The van der Waals surface area contributed by atoms with Gasteiger partial charge in [0.1, 0.15) is 5.52 Å².